The van der Waals surface area contributed by atoms with Gasteiger partial charge in [-0.3, -0.25) is 5.32 Å². The molecule has 0 spiro atoms. The number of aliphatic hydroxyl groups excluding tert-OH is 1. The lowest BCUT2D eigenvalue weighted by atomic mass is 10.2. The Hall–Kier alpha value is -2.32. The second kappa shape index (κ2) is 7.19. The van der Waals surface area contributed by atoms with Crippen LogP contribution < -0.4 is 5.32 Å². The highest BCUT2D eigenvalue weighted by molar-refractivity contribution is 5.70. The second-order valence-electron chi connectivity index (χ2n) is 4.13. The smallest absolute Gasteiger partial charge is 0.411 e. The third kappa shape index (κ3) is 4.82. The molecule has 1 aromatic rings. The summed E-state index contributed by atoms with van der Waals surface area (Å²) < 4.78 is 5.00. The lowest BCUT2D eigenvalue weighted by molar-refractivity contribution is 0.139. The Morgan fingerprint density at radius 2 is 2.05 bits per heavy atom. The number of alkyl carbamates (subject to hydrolysis) is 1. The minimum atomic E-state index is -1.37. The Kier molecular flexibility index (Phi) is 5.58. The zero-order chi connectivity index (χ0) is 14.3. The fraction of sp³-hybridized carbons (Fsp3) is 0.286. The van der Waals surface area contributed by atoms with Crippen molar-refractivity contribution in [3.05, 3.63) is 47.2 Å². The Labute approximate surface area is 112 Å². The van der Waals surface area contributed by atoms with Crippen molar-refractivity contribution < 1.29 is 14.6 Å². The van der Waals surface area contributed by atoms with Gasteiger partial charge in [0.2, 0.25) is 0 Å². The SMILES string of the molecule is CC(C)=C(NC(=O)OCc1ccccc1)C(O)C#N. The molecule has 0 bridgehead atoms. The summed E-state index contributed by atoms with van der Waals surface area (Å²) >= 11 is 0. The molecule has 100 valence electrons. The zero-order valence-electron chi connectivity index (χ0n) is 10.9. The maximum Gasteiger partial charge on any atom is 0.411 e. The van der Waals surface area contributed by atoms with Gasteiger partial charge in [0.1, 0.15) is 12.7 Å². The summed E-state index contributed by atoms with van der Waals surface area (Å²) in [7, 11) is 0. The van der Waals surface area contributed by atoms with Gasteiger partial charge in [0, 0.05) is 0 Å². The highest BCUT2D eigenvalue weighted by Crippen LogP contribution is 2.06. The number of benzene rings is 1. The molecule has 1 unspecified atom stereocenters. The molecule has 0 radical (unpaired) electrons. The van der Waals surface area contributed by atoms with Gasteiger partial charge < -0.3 is 9.84 Å². The summed E-state index contributed by atoms with van der Waals surface area (Å²) in [6, 6.07) is 10.9. The fourth-order valence-electron chi connectivity index (χ4n) is 1.40. The quantitative estimate of drug-likeness (QED) is 0.812. The van der Waals surface area contributed by atoms with Crippen molar-refractivity contribution in [2.24, 2.45) is 0 Å². The number of amides is 1. The molecule has 19 heavy (non-hydrogen) atoms. The average Bonchev–Trinajstić information content (AvgIpc) is 2.42. The molecular weight excluding hydrogens is 244 g/mol. The normalized spacial score (nSPS) is 11.1. The van der Waals surface area contributed by atoms with Gasteiger partial charge in [0.15, 0.2) is 6.10 Å². The van der Waals surface area contributed by atoms with Crippen LogP contribution in [0.1, 0.15) is 19.4 Å². The number of nitrogens with one attached hydrogen (secondary N) is 1. The van der Waals surface area contributed by atoms with Crippen LogP contribution in [0.5, 0.6) is 0 Å². The monoisotopic (exact) mass is 260 g/mol. The van der Waals surface area contributed by atoms with Crippen LogP contribution in [-0.2, 0) is 11.3 Å². The van der Waals surface area contributed by atoms with E-state index in [0.29, 0.717) is 5.57 Å². The molecule has 0 aliphatic carbocycles. The number of carbonyl (C=O) groups excluding carboxylic acids is 1. The van der Waals surface area contributed by atoms with Crippen LogP contribution in [0.4, 0.5) is 4.79 Å². The van der Waals surface area contributed by atoms with E-state index < -0.39 is 12.2 Å². The van der Waals surface area contributed by atoms with E-state index in [-0.39, 0.29) is 12.3 Å². The predicted molar refractivity (Wildman–Crippen MR) is 69.8 cm³/mol. The summed E-state index contributed by atoms with van der Waals surface area (Å²) in [5.74, 6) is 0. The Balaban J connectivity index is 2.56. The number of rotatable bonds is 4. The summed E-state index contributed by atoms with van der Waals surface area (Å²) in [6.45, 7) is 3.51. The maximum atomic E-state index is 11.6. The van der Waals surface area contributed by atoms with Crippen molar-refractivity contribution in [2.75, 3.05) is 0 Å². The first-order valence-corrected chi connectivity index (χ1v) is 5.77. The Bertz CT molecular complexity index is 499. The number of nitriles is 1. The number of hydrogen-bond acceptors (Lipinski definition) is 4. The molecule has 1 rings (SSSR count). The molecule has 0 saturated carbocycles. The van der Waals surface area contributed by atoms with Crippen LogP contribution >= 0.6 is 0 Å². The van der Waals surface area contributed by atoms with Gasteiger partial charge in [0.05, 0.1) is 5.70 Å². The van der Waals surface area contributed by atoms with Gasteiger partial charge in [-0.05, 0) is 19.4 Å². The van der Waals surface area contributed by atoms with Crippen molar-refractivity contribution in [1.82, 2.24) is 5.32 Å². The van der Waals surface area contributed by atoms with Crippen LogP contribution in [0, 0.1) is 11.3 Å². The van der Waals surface area contributed by atoms with Gasteiger partial charge in [-0.1, -0.05) is 35.9 Å². The van der Waals surface area contributed by atoms with Gasteiger partial charge in [-0.15, -0.1) is 0 Å². The predicted octanol–water partition coefficient (Wildman–Crippen LogP) is 2.09. The molecule has 1 aromatic carbocycles. The third-order valence-corrected chi connectivity index (χ3v) is 2.38. The van der Waals surface area contributed by atoms with Crippen LogP contribution in [0.15, 0.2) is 41.6 Å². The van der Waals surface area contributed by atoms with E-state index in [0.717, 1.165) is 5.56 Å². The lowest BCUT2D eigenvalue weighted by Crippen LogP contribution is -2.30. The van der Waals surface area contributed by atoms with Gasteiger partial charge in [0.25, 0.3) is 0 Å². The number of nitrogens with zero attached hydrogens (tertiary/aromatic N) is 1. The van der Waals surface area contributed by atoms with E-state index in [4.69, 9.17) is 10.00 Å². The number of allylic oxidation sites excluding steroid dienone is 1. The molecule has 2 N–H and O–H groups in total. The number of ether oxygens (including phenoxy) is 1. The molecule has 5 heteroatoms. The van der Waals surface area contributed by atoms with Crippen LogP contribution in [0.2, 0.25) is 0 Å². The Morgan fingerprint density at radius 1 is 1.42 bits per heavy atom. The summed E-state index contributed by atoms with van der Waals surface area (Å²) in [5, 5.41) is 20.5. The third-order valence-electron chi connectivity index (χ3n) is 2.38. The summed E-state index contributed by atoms with van der Waals surface area (Å²) in [6.07, 6.45) is -2.07. The first kappa shape index (κ1) is 14.7. The highest BCUT2D eigenvalue weighted by atomic mass is 16.5. The van der Waals surface area contributed by atoms with E-state index >= 15 is 0 Å². The van der Waals surface area contributed by atoms with E-state index in [1.165, 1.54) is 0 Å². The molecule has 0 aliphatic heterocycles. The van der Waals surface area contributed by atoms with Crippen molar-refractivity contribution in [3.8, 4) is 6.07 Å². The number of aliphatic hydroxyl groups is 1. The topological polar surface area (TPSA) is 82.3 Å². The van der Waals surface area contributed by atoms with Crippen molar-refractivity contribution >= 4 is 6.09 Å². The molecule has 1 amide bonds. The second-order valence-corrected chi connectivity index (χ2v) is 4.13. The van der Waals surface area contributed by atoms with Gasteiger partial charge in [-0.25, -0.2) is 4.79 Å². The number of carbonyl (C=O) groups is 1. The molecule has 0 saturated heterocycles. The molecule has 0 fully saturated rings. The summed E-state index contributed by atoms with van der Waals surface area (Å²) in [5.41, 5.74) is 1.66. The van der Waals surface area contributed by atoms with E-state index in [1.54, 1.807) is 19.9 Å². The number of hydrogen-bond donors (Lipinski definition) is 2. The van der Waals surface area contributed by atoms with Gasteiger partial charge in [-0.2, -0.15) is 5.26 Å². The van der Waals surface area contributed by atoms with E-state index in [9.17, 15) is 9.90 Å². The molecular formula is C14H16N2O3. The van der Waals surface area contributed by atoms with E-state index in [2.05, 4.69) is 5.32 Å². The van der Waals surface area contributed by atoms with Gasteiger partial charge >= 0.3 is 6.09 Å². The standard InChI is InChI=1S/C14H16N2O3/c1-10(2)13(12(17)8-15)16-14(18)19-9-11-6-4-3-5-7-11/h3-7,12,17H,9H2,1-2H3,(H,16,18). The van der Waals surface area contributed by atoms with Crippen LogP contribution in [0.25, 0.3) is 0 Å². The molecule has 1 atom stereocenters. The minimum absolute atomic E-state index is 0.130. The minimum Gasteiger partial charge on any atom is -0.444 e. The molecule has 0 aliphatic rings. The lowest BCUT2D eigenvalue weighted by Gasteiger charge is -2.13. The van der Waals surface area contributed by atoms with Crippen molar-refractivity contribution in [1.29, 1.82) is 5.26 Å². The molecule has 0 aromatic heterocycles. The van der Waals surface area contributed by atoms with E-state index in [1.807, 2.05) is 30.3 Å². The molecule has 5 nitrogen and oxygen atoms in total. The van der Waals surface area contributed by atoms with Crippen LogP contribution in [0.3, 0.4) is 0 Å². The average molecular weight is 260 g/mol. The molecule has 0 heterocycles. The first-order valence-electron chi connectivity index (χ1n) is 5.77. The fourth-order valence-corrected chi connectivity index (χ4v) is 1.40. The first-order chi connectivity index (χ1) is 9.04. The van der Waals surface area contributed by atoms with Crippen molar-refractivity contribution in [3.63, 3.8) is 0 Å². The highest BCUT2D eigenvalue weighted by Gasteiger charge is 2.15. The zero-order valence-corrected chi connectivity index (χ0v) is 10.9. The summed E-state index contributed by atoms with van der Waals surface area (Å²) in [4.78, 5) is 11.6. The maximum absolute atomic E-state index is 11.6. The van der Waals surface area contributed by atoms with Crippen molar-refractivity contribution in [2.45, 2.75) is 26.6 Å². The largest absolute Gasteiger partial charge is 0.444 e. The van der Waals surface area contributed by atoms with Crippen LogP contribution in [-0.4, -0.2) is 17.3 Å². The Morgan fingerprint density at radius 3 is 2.58 bits per heavy atom.